The van der Waals surface area contributed by atoms with Gasteiger partial charge in [-0.15, -0.1) is 0 Å². The molecule has 0 atom stereocenters. The normalized spacial score (nSPS) is 12.8. The van der Waals surface area contributed by atoms with E-state index in [1.807, 2.05) is 6.07 Å². The fourth-order valence-electron chi connectivity index (χ4n) is 5.56. The molecule has 7 aromatic rings. The summed E-state index contributed by atoms with van der Waals surface area (Å²) in [5.41, 5.74) is 8.87. The summed E-state index contributed by atoms with van der Waals surface area (Å²) in [5.74, 6) is 0. The second-order valence-electron chi connectivity index (χ2n) is 8.61. The quantitative estimate of drug-likeness (QED) is 0.264. The number of furan rings is 1. The second kappa shape index (κ2) is 6.05. The smallest absolute Gasteiger partial charge is 0.160 e. The number of para-hydroxylation sites is 5. The maximum Gasteiger partial charge on any atom is 0.160 e. The van der Waals surface area contributed by atoms with Crippen molar-refractivity contribution in [2.75, 3.05) is 4.90 Å². The first-order chi connectivity index (χ1) is 16.4. The van der Waals surface area contributed by atoms with Crippen LogP contribution in [0.15, 0.2) is 114 Å². The van der Waals surface area contributed by atoms with Crippen LogP contribution in [-0.4, -0.2) is 4.57 Å². The molecule has 0 amide bonds. The zero-order valence-electron chi connectivity index (χ0n) is 17.7. The highest BCUT2D eigenvalue weighted by molar-refractivity contribution is 6.24. The molecule has 0 saturated carbocycles. The standard InChI is InChI=1S/C30H18N2O/c1-2-9-19(10-3-1)31-24-13-5-6-14-25(24)32-28-21(12-8-15-26(28)31)22-17-18-23-20-11-4-7-16-27(20)33-30(23)29(22)32/h1-18H. The number of nitrogens with zero attached hydrogens (tertiary/aromatic N) is 2. The Labute approximate surface area is 189 Å². The Morgan fingerprint density at radius 1 is 0.455 bits per heavy atom. The van der Waals surface area contributed by atoms with E-state index in [0.717, 1.165) is 44.5 Å². The van der Waals surface area contributed by atoms with E-state index in [4.69, 9.17) is 4.42 Å². The molecule has 1 aliphatic rings. The van der Waals surface area contributed by atoms with Crippen LogP contribution < -0.4 is 4.90 Å². The minimum Gasteiger partial charge on any atom is -0.454 e. The van der Waals surface area contributed by atoms with Crippen LogP contribution in [0.1, 0.15) is 0 Å². The van der Waals surface area contributed by atoms with Crippen molar-refractivity contribution in [1.29, 1.82) is 0 Å². The summed E-state index contributed by atoms with van der Waals surface area (Å²) in [6.07, 6.45) is 0. The molecule has 0 N–H and O–H groups in total. The van der Waals surface area contributed by atoms with Crippen molar-refractivity contribution in [2.24, 2.45) is 0 Å². The number of anilines is 3. The van der Waals surface area contributed by atoms with E-state index in [1.54, 1.807) is 0 Å². The van der Waals surface area contributed by atoms with E-state index in [1.165, 1.54) is 22.0 Å². The third kappa shape index (κ3) is 2.09. The Kier molecular flexibility index (Phi) is 3.14. The number of fused-ring (bicyclic) bond motifs is 9. The third-order valence-electron chi connectivity index (χ3n) is 6.89. The zero-order valence-corrected chi connectivity index (χ0v) is 17.7. The lowest BCUT2D eigenvalue weighted by atomic mass is 10.1. The topological polar surface area (TPSA) is 21.3 Å². The summed E-state index contributed by atoms with van der Waals surface area (Å²) >= 11 is 0. The van der Waals surface area contributed by atoms with E-state index < -0.39 is 0 Å². The van der Waals surface area contributed by atoms with Gasteiger partial charge in [0, 0.05) is 27.2 Å². The van der Waals surface area contributed by atoms with Crippen LogP contribution >= 0.6 is 0 Å². The van der Waals surface area contributed by atoms with Crippen LogP contribution in [0.4, 0.5) is 17.1 Å². The Bertz CT molecular complexity index is 1870. The number of hydrogen-bond donors (Lipinski definition) is 0. The molecule has 0 saturated heterocycles. The van der Waals surface area contributed by atoms with Crippen molar-refractivity contribution < 1.29 is 4.42 Å². The highest BCUT2D eigenvalue weighted by Crippen LogP contribution is 2.50. The Morgan fingerprint density at radius 3 is 2.03 bits per heavy atom. The molecule has 3 heteroatoms. The number of hydrogen-bond acceptors (Lipinski definition) is 2. The van der Waals surface area contributed by atoms with Crippen LogP contribution in [0.25, 0.3) is 49.4 Å². The predicted molar refractivity (Wildman–Crippen MR) is 136 cm³/mol. The molecule has 8 rings (SSSR count). The molecule has 0 spiro atoms. The summed E-state index contributed by atoms with van der Waals surface area (Å²) in [7, 11) is 0. The van der Waals surface area contributed by atoms with Crippen LogP contribution in [-0.2, 0) is 0 Å². The lowest BCUT2D eigenvalue weighted by molar-refractivity contribution is 0.671. The first-order valence-electron chi connectivity index (χ1n) is 11.2. The van der Waals surface area contributed by atoms with Gasteiger partial charge in [-0.3, -0.25) is 0 Å². The molecule has 1 aliphatic heterocycles. The van der Waals surface area contributed by atoms with E-state index in [2.05, 4.69) is 113 Å². The Balaban J connectivity index is 1.62. The van der Waals surface area contributed by atoms with Crippen LogP contribution in [0, 0.1) is 0 Å². The van der Waals surface area contributed by atoms with E-state index >= 15 is 0 Å². The van der Waals surface area contributed by atoms with Crippen molar-refractivity contribution in [3.05, 3.63) is 109 Å². The molecule has 0 fully saturated rings. The highest BCUT2D eigenvalue weighted by atomic mass is 16.3. The molecule has 0 radical (unpaired) electrons. The van der Waals surface area contributed by atoms with Gasteiger partial charge in [0.15, 0.2) is 5.58 Å². The fourth-order valence-corrected chi connectivity index (χ4v) is 5.56. The lowest BCUT2D eigenvalue weighted by Gasteiger charge is -2.33. The van der Waals surface area contributed by atoms with Crippen LogP contribution in [0.5, 0.6) is 0 Å². The van der Waals surface area contributed by atoms with Crippen LogP contribution in [0.3, 0.4) is 0 Å². The third-order valence-corrected chi connectivity index (χ3v) is 6.89. The van der Waals surface area contributed by atoms with Gasteiger partial charge < -0.3 is 13.9 Å². The fraction of sp³-hybridized carbons (Fsp3) is 0. The van der Waals surface area contributed by atoms with Gasteiger partial charge in [0.2, 0.25) is 0 Å². The highest BCUT2D eigenvalue weighted by Gasteiger charge is 2.29. The van der Waals surface area contributed by atoms with E-state index in [9.17, 15) is 0 Å². The molecule has 154 valence electrons. The van der Waals surface area contributed by atoms with Crippen molar-refractivity contribution in [1.82, 2.24) is 4.57 Å². The lowest BCUT2D eigenvalue weighted by Crippen LogP contribution is -2.17. The molecule has 3 heterocycles. The largest absolute Gasteiger partial charge is 0.454 e. The number of aromatic nitrogens is 1. The van der Waals surface area contributed by atoms with Gasteiger partial charge in [-0.1, -0.05) is 66.7 Å². The summed E-state index contributed by atoms with van der Waals surface area (Å²) in [6, 6.07) is 38.6. The van der Waals surface area contributed by atoms with Crippen molar-refractivity contribution in [2.45, 2.75) is 0 Å². The summed E-state index contributed by atoms with van der Waals surface area (Å²) in [4.78, 5) is 2.37. The molecule has 2 aromatic heterocycles. The van der Waals surface area contributed by atoms with Gasteiger partial charge in [-0.25, -0.2) is 0 Å². The Hall–Kier alpha value is -4.50. The first kappa shape index (κ1) is 17.1. The molecule has 0 bridgehead atoms. The molecule has 33 heavy (non-hydrogen) atoms. The molecule has 5 aromatic carbocycles. The van der Waals surface area contributed by atoms with Crippen molar-refractivity contribution in [3.8, 4) is 5.69 Å². The maximum atomic E-state index is 6.49. The first-order valence-corrected chi connectivity index (χ1v) is 11.2. The monoisotopic (exact) mass is 422 g/mol. The summed E-state index contributed by atoms with van der Waals surface area (Å²) < 4.78 is 8.90. The Morgan fingerprint density at radius 2 is 1.12 bits per heavy atom. The van der Waals surface area contributed by atoms with Gasteiger partial charge in [0.25, 0.3) is 0 Å². The van der Waals surface area contributed by atoms with Gasteiger partial charge in [-0.2, -0.15) is 0 Å². The summed E-state index contributed by atoms with van der Waals surface area (Å²) in [5, 5.41) is 4.76. The number of rotatable bonds is 1. The van der Waals surface area contributed by atoms with Gasteiger partial charge >= 0.3 is 0 Å². The molecular weight excluding hydrogens is 404 g/mol. The average Bonchev–Trinajstić information content (AvgIpc) is 3.42. The second-order valence-corrected chi connectivity index (χ2v) is 8.61. The van der Waals surface area contributed by atoms with E-state index in [0.29, 0.717) is 0 Å². The molecular formula is C30H18N2O. The summed E-state index contributed by atoms with van der Waals surface area (Å²) in [6.45, 7) is 0. The van der Waals surface area contributed by atoms with E-state index in [-0.39, 0.29) is 0 Å². The molecule has 0 unspecified atom stereocenters. The minimum atomic E-state index is 0.924. The van der Waals surface area contributed by atoms with Gasteiger partial charge in [-0.05, 0) is 42.5 Å². The van der Waals surface area contributed by atoms with Crippen molar-refractivity contribution >= 4 is 60.8 Å². The maximum absolute atomic E-state index is 6.49. The number of benzene rings is 5. The SMILES string of the molecule is c1ccc(N2c3ccccc3-n3c4c2cccc4c2ccc4c5ccccc5oc4c23)cc1. The average molecular weight is 422 g/mol. The zero-order chi connectivity index (χ0) is 21.5. The molecule has 0 aliphatic carbocycles. The molecule has 3 nitrogen and oxygen atoms in total. The van der Waals surface area contributed by atoms with Crippen LogP contribution in [0.2, 0.25) is 0 Å². The van der Waals surface area contributed by atoms with Gasteiger partial charge in [0.1, 0.15) is 5.58 Å². The van der Waals surface area contributed by atoms with Gasteiger partial charge in [0.05, 0.1) is 28.1 Å². The minimum absolute atomic E-state index is 0.924. The van der Waals surface area contributed by atoms with Crippen molar-refractivity contribution in [3.63, 3.8) is 0 Å². The predicted octanol–water partition coefficient (Wildman–Crippen LogP) is 8.47.